The SMILES string of the molecule is CC(C)Cc1ccc([Si](F)(C(C)(C)C)C(C)(C)C)cc1. The Morgan fingerprint density at radius 2 is 1.30 bits per heavy atom. The molecule has 0 amide bonds. The lowest BCUT2D eigenvalue weighted by Gasteiger charge is -2.45. The Labute approximate surface area is 126 Å². The first kappa shape index (κ1) is 17.4. The van der Waals surface area contributed by atoms with Crippen molar-refractivity contribution >= 4 is 13.6 Å². The molecule has 0 bridgehead atoms. The summed E-state index contributed by atoms with van der Waals surface area (Å²) < 4.78 is 16.1. The van der Waals surface area contributed by atoms with E-state index >= 15 is 4.11 Å². The van der Waals surface area contributed by atoms with E-state index in [4.69, 9.17) is 0 Å². The van der Waals surface area contributed by atoms with E-state index in [9.17, 15) is 0 Å². The van der Waals surface area contributed by atoms with Gasteiger partial charge in [0.1, 0.15) is 0 Å². The molecule has 114 valence electrons. The number of rotatable bonds is 3. The quantitative estimate of drug-likeness (QED) is 0.502. The minimum Gasteiger partial charge on any atom is -0.307 e. The van der Waals surface area contributed by atoms with Crippen molar-refractivity contribution in [3.05, 3.63) is 29.8 Å². The summed E-state index contributed by atoms with van der Waals surface area (Å²) >= 11 is 0. The van der Waals surface area contributed by atoms with Crippen LogP contribution in [0.4, 0.5) is 4.11 Å². The molecule has 1 aromatic rings. The van der Waals surface area contributed by atoms with Crippen LogP contribution in [-0.4, -0.2) is 8.41 Å². The molecule has 0 heterocycles. The predicted molar refractivity (Wildman–Crippen MR) is 90.9 cm³/mol. The molecule has 0 N–H and O–H groups in total. The standard InChI is InChI=1S/C18H31FSi/c1-14(2)13-15-9-11-16(12-10-15)20(19,17(3,4)5)18(6,7)8/h9-12,14H,13H2,1-8H3. The molecule has 0 spiro atoms. The average molecular weight is 295 g/mol. The largest absolute Gasteiger partial charge is 0.307 e. The summed E-state index contributed by atoms with van der Waals surface area (Å²) in [5.74, 6) is 0.637. The Kier molecular flexibility index (Phi) is 4.90. The summed E-state index contributed by atoms with van der Waals surface area (Å²) in [5.41, 5.74) is 1.31. The Morgan fingerprint density at radius 3 is 1.60 bits per heavy atom. The highest BCUT2D eigenvalue weighted by Gasteiger charge is 2.56. The number of hydrogen-bond acceptors (Lipinski definition) is 0. The van der Waals surface area contributed by atoms with E-state index < -0.39 is 8.41 Å². The summed E-state index contributed by atoms with van der Waals surface area (Å²) in [5, 5.41) is 0.334. The fraction of sp³-hybridized carbons (Fsp3) is 0.667. The lowest BCUT2D eigenvalue weighted by atomic mass is 10.0. The molecule has 0 aromatic heterocycles. The molecule has 0 radical (unpaired) electrons. The smallest absolute Gasteiger partial charge is 0.288 e. The third-order valence-electron chi connectivity index (χ3n) is 4.06. The van der Waals surface area contributed by atoms with Gasteiger partial charge < -0.3 is 4.11 Å². The van der Waals surface area contributed by atoms with Gasteiger partial charge >= 0.3 is 0 Å². The van der Waals surface area contributed by atoms with Crippen molar-refractivity contribution in [3.63, 3.8) is 0 Å². The van der Waals surface area contributed by atoms with Crippen molar-refractivity contribution in [2.45, 2.75) is 71.9 Å². The molecular formula is C18H31FSi. The fourth-order valence-electron chi connectivity index (χ4n) is 3.33. The van der Waals surface area contributed by atoms with E-state index in [2.05, 4.69) is 26.0 Å². The van der Waals surface area contributed by atoms with Crippen LogP contribution >= 0.6 is 0 Å². The molecule has 1 aromatic carbocycles. The van der Waals surface area contributed by atoms with Crippen LogP contribution in [0.3, 0.4) is 0 Å². The molecule has 0 saturated carbocycles. The second kappa shape index (κ2) is 5.63. The maximum absolute atomic E-state index is 16.1. The lowest BCUT2D eigenvalue weighted by Crippen LogP contribution is -2.57. The molecule has 0 nitrogen and oxygen atoms in total. The minimum atomic E-state index is -3.09. The van der Waals surface area contributed by atoms with Gasteiger partial charge in [-0.15, -0.1) is 0 Å². The minimum absolute atomic E-state index is 0.301. The molecule has 0 unspecified atom stereocenters. The molecule has 0 saturated heterocycles. The highest BCUT2D eigenvalue weighted by atomic mass is 28.4. The van der Waals surface area contributed by atoms with Gasteiger partial charge in [0.15, 0.2) is 0 Å². The van der Waals surface area contributed by atoms with Crippen molar-refractivity contribution in [1.29, 1.82) is 0 Å². The molecule has 0 fully saturated rings. The average Bonchev–Trinajstić information content (AvgIpc) is 2.25. The van der Waals surface area contributed by atoms with Crippen LogP contribution in [0.1, 0.15) is 61.0 Å². The summed E-state index contributed by atoms with van der Waals surface area (Å²) in [6.45, 7) is 16.7. The Hall–Kier alpha value is -0.633. The highest BCUT2D eigenvalue weighted by Crippen LogP contribution is 2.51. The molecule has 0 aliphatic heterocycles. The van der Waals surface area contributed by atoms with E-state index in [1.54, 1.807) is 0 Å². The van der Waals surface area contributed by atoms with Crippen LogP contribution < -0.4 is 5.19 Å². The van der Waals surface area contributed by atoms with Crippen molar-refractivity contribution in [1.82, 2.24) is 0 Å². The summed E-state index contributed by atoms with van der Waals surface area (Å²) in [4.78, 5) is 0. The molecule has 0 aliphatic carbocycles. The number of benzene rings is 1. The van der Waals surface area contributed by atoms with E-state index in [1.807, 2.05) is 53.7 Å². The van der Waals surface area contributed by atoms with Crippen LogP contribution in [0.2, 0.25) is 10.1 Å². The van der Waals surface area contributed by atoms with Gasteiger partial charge in [0.05, 0.1) is 0 Å². The fourth-order valence-corrected chi connectivity index (χ4v) is 7.94. The normalized spacial score (nSPS) is 13.9. The zero-order valence-corrected chi connectivity index (χ0v) is 15.5. The monoisotopic (exact) mass is 294 g/mol. The highest BCUT2D eigenvalue weighted by molar-refractivity contribution is 6.90. The second-order valence-electron chi connectivity index (χ2n) is 8.45. The van der Waals surface area contributed by atoms with Crippen LogP contribution in [0, 0.1) is 5.92 Å². The summed E-state index contributed by atoms with van der Waals surface area (Å²) in [6.07, 6.45) is 1.06. The van der Waals surface area contributed by atoms with Crippen molar-refractivity contribution < 1.29 is 4.11 Å². The van der Waals surface area contributed by atoms with Crippen LogP contribution in [0.25, 0.3) is 0 Å². The first-order valence-corrected chi connectivity index (χ1v) is 9.55. The van der Waals surface area contributed by atoms with Crippen LogP contribution in [0.15, 0.2) is 24.3 Å². The molecule has 1 rings (SSSR count). The molecular weight excluding hydrogens is 263 g/mol. The first-order chi connectivity index (χ1) is 8.89. The molecule has 2 heteroatoms. The van der Waals surface area contributed by atoms with Gasteiger partial charge in [0.25, 0.3) is 8.41 Å². The van der Waals surface area contributed by atoms with Gasteiger partial charge in [0, 0.05) is 0 Å². The van der Waals surface area contributed by atoms with Crippen LogP contribution in [-0.2, 0) is 6.42 Å². The Balaban J connectivity index is 3.24. The van der Waals surface area contributed by atoms with Gasteiger partial charge in [-0.1, -0.05) is 79.7 Å². The van der Waals surface area contributed by atoms with E-state index in [-0.39, 0.29) is 10.1 Å². The van der Waals surface area contributed by atoms with E-state index in [0.29, 0.717) is 5.92 Å². The van der Waals surface area contributed by atoms with Gasteiger partial charge in [-0.05, 0) is 33.2 Å². The number of halogens is 1. The first-order valence-electron chi connectivity index (χ1n) is 7.68. The van der Waals surface area contributed by atoms with Gasteiger partial charge in [-0.25, -0.2) is 0 Å². The molecule has 0 aliphatic rings. The van der Waals surface area contributed by atoms with Crippen molar-refractivity contribution in [2.75, 3.05) is 0 Å². The molecule has 20 heavy (non-hydrogen) atoms. The summed E-state index contributed by atoms with van der Waals surface area (Å²) in [6, 6.07) is 8.32. The maximum Gasteiger partial charge on any atom is 0.288 e. The van der Waals surface area contributed by atoms with Gasteiger partial charge in [0.2, 0.25) is 0 Å². The van der Waals surface area contributed by atoms with Gasteiger partial charge in [-0.3, -0.25) is 0 Å². The third-order valence-corrected chi connectivity index (χ3v) is 9.33. The van der Waals surface area contributed by atoms with Crippen LogP contribution in [0.5, 0.6) is 0 Å². The van der Waals surface area contributed by atoms with Gasteiger partial charge in [-0.2, -0.15) is 0 Å². The lowest BCUT2D eigenvalue weighted by molar-refractivity contribution is 0.535. The maximum atomic E-state index is 16.1. The topological polar surface area (TPSA) is 0 Å². The second-order valence-corrected chi connectivity index (χ2v) is 13.3. The third kappa shape index (κ3) is 3.33. The zero-order chi connectivity index (χ0) is 15.8. The Morgan fingerprint density at radius 1 is 0.900 bits per heavy atom. The van der Waals surface area contributed by atoms with Crippen molar-refractivity contribution in [2.24, 2.45) is 5.92 Å². The molecule has 0 atom stereocenters. The predicted octanol–water partition coefficient (Wildman–Crippen LogP) is 5.61. The Bertz CT molecular complexity index is 418. The summed E-state index contributed by atoms with van der Waals surface area (Å²) in [7, 11) is -3.09. The van der Waals surface area contributed by atoms with Crippen molar-refractivity contribution in [3.8, 4) is 0 Å². The van der Waals surface area contributed by atoms with E-state index in [0.717, 1.165) is 11.6 Å². The number of hydrogen-bond donors (Lipinski definition) is 0. The van der Waals surface area contributed by atoms with E-state index in [1.165, 1.54) is 5.56 Å². The zero-order valence-electron chi connectivity index (χ0n) is 14.5.